The third-order valence-corrected chi connectivity index (χ3v) is 4.49. The first-order valence-electron chi connectivity index (χ1n) is 8.73. The number of hydrogen-bond donors (Lipinski definition) is 1. The standard InChI is InChI=1S/C22H17ClN2O3/c1-14-6-9-16(10-7-14)27-13-21(26)24-15-8-11-18(23)17(12-15)22-25-19-4-2-3-5-20(19)28-22/h2-12H,13H2,1H3,(H,24,26). The van der Waals surface area contributed by atoms with Gasteiger partial charge in [0.1, 0.15) is 11.3 Å². The van der Waals surface area contributed by atoms with Crippen molar-refractivity contribution in [2.24, 2.45) is 0 Å². The average Bonchev–Trinajstić information content (AvgIpc) is 3.13. The lowest BCUT2D eigenvalue weighted by Crippen LogP contribution is -2.20. The number of benzene rings is 3. The SMILES string of the molecule is Cc1ccc(OCC(=O)Nc2ccc(Cl)c(-c3nc4ccccc4o3)c2)cc1. The van der Waals surface area contributed by atoms with Crippen molar-refractivity contribution < 1.29 is 13.9 Å². The Hall–Kier alpha value is -3.31. The first-order valence-corrected chi connectivity index (χ1v) is 9.11. The first-order chi connectivity index (χ1) is 13.6. The molecular weight excluding hydrogens is 376 g/mol. The molecule has 28 heavy (non-hydrogen) atoms. The van der Waals surface area contributed by atoms with E-state index >= 15 is 0 Å². The smallest absolute Gasteiger partial charge is 0.262 e. The lowest BCUT2D eigenvalue weighted by molar-refractivity contribution is -0.118. The molecule has 5 nitrogen and oxygen atoms in total. The summed E-state index contributed by atoms with van der Waals surface area (Å²) in [4.78, 5) is 16.7. The van der Waals surface area contributed by atoms with Gasteiger partial charge in [0.05, 0.1) is 10.6 Å². The maximum Gasteiger partial charge on any atom is 0.262 e. The van der Waals surface area contributed by atoms with E-state index in [1.807, 2.05) is 55.5 Å². The number of fused-ring (bicyclic) bond motifs is 1. The molecule has 0 spiro atoms. The Balaban J connectivity index is 1.48. The molecule has 0 aliphatic carbocycles. The van der Waals surface area contributed by atoms with Gasteiger partial charge < -0.3 is 14.5 Å². The number of aryl methyl sites for hydroxylation is 1. The molecule has 6 heteroatoms. The van der Waals surface area contributed by atoms with Gasteiger partial charge in [0.2, 0.25) is 5.89 Å². The van der Waals surface area contributed by atoms with Gasteiger partial charge in [0.25, 0.3) is 5.91 Å². The molecule has 140 valence electrons. The molecule has 0 fully saturated rings. The number of rotatable bonds is 5. The quantitative estimate of drug-likeness (QED) is 0.488. The molecule has 0 atom stereocenters. The van der Waals surface area contributed by atoms with Crippen LogP contribution >= 0.6 is 11.6 Å². The van der Waals surface area contributed by atoms with Crippen molar-refractivity contribution in [3.63, 3.8) is 0 Å². The fourth-order valence-electron chi connectivity index (χ4n) is 2.73. The van der Waals surface area contributed by atoms with E-state index in [4.69, 9.17) is 20.8 Å². The Kier molecular flexibility index (Phi) is 5.00. The molecule has 0 bridgehead atoms. The summed E-state index contributed by atoms with van der Waals surface area (Å²) in [6.45, 7) is 1.90. The summed E-state index contributed by atoms with van der Waals surface area (Å²) in [7, 11) is 0. The number of amides is 1. The second-order valence-electron chi connectivity index (χ2n) is 6.33. The molecule has 0 saturated heterocycles. The van der Waals surface area contributed by atoms with Crippen molar-refractivity contribution in [3.8, 4) is 17.2 Å². The van der Waals surface area contributed by atoms with E-state index in [9.17, 15) is 4.79 Å². The van der Waals surface area contributed by atoms with Crippen molar-refractivity contribution >= 4 is 34.3 Å². The number of hydrogen-bond acceptors (Lipinski definition) is 4. The van der Waals surface area contributed by atoms with E-state index in [2.05, 4.69) is 10.3 Å². The van der Waals surface area contributed by atoms with Crippen LogP contribution < -0.4 is 10.1 Å². The number of carbonyl (C=O) groups excluding carboxylic acids is 1. The van der Waals surface area contributed by atoms with Crippen molar-refractivity contribution in [1.29, 1.82) is 0 Å². The zero-order valence-corrected chi connectivity index (χ0v) is 15.9. The molecule has 0 unspecified atom stereocenters. The van der Waals surface area contributed by atoms with Crippen LogP contribution in [0.25, 0.3) is 22.6 Å². The van der Waals surface area contributed by atoms with E-state index in [1.165, 1.54) is 0 Å². The second-order valence-corrected chi connectivity index (χ2v) is 6.74. The topological polar surface area (TPSA) is 64.4 Å². The Bertz CT molecular complexity index is 1100. The monoisotopic (exact) mass is 392 g/mol. The van der Waals surface area contributed by atoms with Gasteiger partial charge in [-0.15, -0.1) is 0 Å². The predicted octanol–water partition coefficient (Wildman–Crippen LogP) is 5.47. The van der Waals surface area contributed by atoms with Crippen LogP contribution in [0, 0.1) is 6.92 Å². The lowest BCUT2D eigenvalue weighted by Gasteiger charge is -2.09. The lowest BCUT2D eigenvalue weighted by atomic mass is 10.2. The maximum absolute atomic E-state index is 12.2. The number of ether oxygens (including phenoxy) is 1. The summed E-state index contributed by atoms with van der Waals surface area (Å²) < 4.78 is 11.3. The highest BCUT2D eigenvalue weighted by molar-refractivity contribution is 6.33. The van der Waals surface area contributed by atoms with Crippen molar-refractivity contribution in [3.05, 3.63) is 77.3 Å². The fraction of sp³-hybridized carbons (Fsp3) is 0.0909. The molecular formula is C22H17ClN2O3. The van der Waals surface area contributed by atoms with Gasteiger partial charge in [-0.3, -0.25) is 4.79 Å². The number of anilines is 1. The average molecular weight is 393 g/mol. The van der Waals surface area contributed by atoms with Crippen LogP contribution in [0.5, 0.6) is 5.75 Å². The molecule has 0 saturated carbocycles. The largest absolute Gasteiger partial charge is 0.484 e. The predicted molar refractivity (Wildman–Crippen MR) is 110 cm³/mol. The molecule has 0 radical (unpaired) electrons. The molecule has 1 N–H and O–H groups in total. The van der Waals surface area contributed by atoms with Gasteiger partial charge in [-0.05, 0) is 49.4 Å². The number of para-hydroxylation sites is 2. The minimum Gasteiger partial charge on any atom is -0.484 e. The maximum atomic E-state index is 12.2. The van der Waals surface area contributed by atoms with E-state index < -0.39 is 0 Å². The normalized spacial score (nSPS) is 10.8. The summed E-state index contributed by atoms with van der Waals surface area (Å²) in [5.74, 6) is 0.772. The van der Waals surface area contributed by atoms with Gasteiger partial charge in [-0.25, -0.2) is 4.98 Å². The second kappa shape index (κ2) is 7.74. The van der Waals surface area contributed by atoms with Crippen LogP contribution in [-0.4, -0.2) is 17.5 Å². The molecule has 0 aliphatic rings. The summed E-state index contributed by atoms with van der Waals surface area (Å²) in [6.07, 6.45) is 0. The molecule has 1 aromatic heterocycles. The van der Waals surface area contributed by atoms with Crippen LogP contribution in [0.2, 0.25) is 5.02 Å². The Labute approximate surface area is 166 Å². The van der Waals surface area contributed by atoms with E-state index in [0.29, 0.717) is 33.5 Å². The highest BCUT2D eigenvalue weighted by Gasteiger charge is 2.13. The van der Waals surface area contributed by atoms with Gasteiger partial charge in [-0.2, -0.15) is 0 Å². The van der Waals surface area contributed by atoms with Crippen LogP contribution in [0.1, 0.15) is 5.56 Å². The summed E-state index contributed by atoms with van der Waals surface area (Å²) in [6, 6.07) is 20.1. The van der Waals surface area contributed by atoms with Crippen molar-refractivity contribution in [2.45, 2.75) is 6.92 Å². The van der Waals surface area contributed by atoms with Crippen molar-refractivity contribution in [2.75, 3.05) is 11.9 Å². The third-order valence-electron chi connectivity index (χ3n) is 4.17. The van der Waals surface area contributed by atoms with E-state index in [-0.39, 0.29) is 12.5 Å². The Morgan fingerprint density at radius 1 is 1.11 bits per heavy atom. The summed E-state index contributed by atoms with van der Waals surface area (Å²) in [5.41, 5.74) is 3.74. The fourth-order valence-corrected chi connectivity index (χ4v) is 2.93. The number of nitrogens with one attached hydrogen (secondary N) is 1. The van der Waals surface area contributed by atoms with Gasteiger partial charge >= 0.3 is 0 Å². The van der Waals surface area contributed by atoms with Crippen LogP contribution in [0.3, 0.4) is 0 Å². The molecule has 3 aromatic carbocycles. The molecule has 4 rings (SSSR count). The summed E-state index contributed by atoms with van der Waals surface area (Å²) >= 11 is 6.31. The van der Waals surface area contributed by atoms with Gasteiger partial charge in [-0.1, -0.05) is 41.4 Å². The zero-order valence-electron chi connectivity index (χ0n) is 15.1. The van der Waals surface area contributed by atoms with Gasteiger partial charge in [0.15, 0.2) is 12.2 Å². The Morgan fingerprint density at radius 3 is 2.68 bits per heavy atom. The first kappa shape index (κ1) is 18.1. The van der Waals surface area contributed by atoms with E-state index in [0.717, 1.165) is 11.1 Å². The molecule has 4 aromatic rings. The van der Waals surface area contributed by atoms with Crippen molar-refractivity contribution in [1.82, 2.24) is 4.98 Å². The van der Waals surface area contributed by atoms with Crippen LogP contribution in [-0.2, 0) is 4.79 Å². The van der Waals surface area contributed by atoms with Gasteiger partial charge in [0, 0.05) is 5.69 Å². The van der Waals surface area contributed by atoms with Crippen LogP contribution in [0.15, 0.2) is 71.1 Å². The highest BCUT2D eigenvalue weighted by atomic mass is 35.5. The zero-order chi connectivity index (χ0) is 19.5. The number of oxazole rings is 1. The third kappa shape index (κ3) is 4.00. The molecule has 1 heterocycles. The number of carbonyl (C=O) groups is 1. The highest BCUT2D eigenvalue weighted by Crippen LogP contribution is 2.32. The van der Waals surface area contributed by atoms with Crippen LogP contribution in [0.4, 0.5) is 5.69 Å². The minimum atomic E-state index is -0.272. The molecule has 1 amide bonds. The number of aromatic nitrogens is 1. The minimum absolute atomic E-state index is 0.0933. The summed E-state index contributed by atoms with van der Waals surface area (Å²) in [5, 5.41) is 3.29. The Morgan fingerprint density at radius 2 is 1.89 bits per heavy atom. The number of halogens is 1. The van der Waals surface area contributed by atoms with E-state index in [1.54, 1.807) is 18.2 Å². The number of nitrogens with zero attached hydrogens (tertiary/aromatic N) is 1. The molecule has 0 aliphatic heterocycles.